The third-order valence-electron chi connectivity index (χ3n) is 4.70. The molecule has 5 heteroatoms. The molecule has 1 aromatic heterocycles. The molecule has 1 aliphatic rings. The van der Waals surface area contributed by atoms with Gasteiger partial charge in [-0.3, -0.25) is 9.98 Å². The van der Waals surface area contributed by atoms with E-state index in [0.29, 0.717) is 18.8 Å². The fourth-order valence-electron chi connectivity index (χ4n) is 3.49. The SMILES string of the molecule is CC(C)(C)CC1CN=C(C(C)(O)Cc2ccc(-c3ccc(F)cn3)cc2)N1. The quantitative estimate of drug-likeness (QED) is 0.838. The van der Waals surface area contributed by atoms with Gasteiger partial charge in [0.2, 0.25) is 0 Å². The summed E-state index contributed by atoms with van der Waals surface area (Å²) in [6, 6.07) is 11.2. The van der Waals surface area contributed by atoms with Gasteiger partial charge in [0.1, 0.15) is 17.3 Å². The first-order valence-corrected chi connectivity index (χ1v) is 9.37. The summed E-state index contributed by atoms with van der Waals surface area (Å²) in [6.45, 7) is 9.14. The predicted molar refractivity (Wildman–Crippen MR) is 107 cm³/mol. The number of aromatic nitrogens is 1. The molecule has 2 atom stereocenters. The van der Waals surface area contributed by atoms with Gasteiger partial charge in [-0.1, -0.05) is 45.0 Å². The fraction of sp³-hybridized carbons (Fsp3) is 0.455. The average molecular weight is 369 g/mol. The maximum absolute atomic E-state index is 13.0. The Bertz CT molecular complexity index is 805. The highest BCUT2D eigenvalue weighted by Gasteiger charge is 2.34. The zero-order valence-electron chi connectivity index (χ0n) is 16.5. The Balaban J connectivity index is 1.65. The summed E-state index contributed by atoms with van der Waals surface area (Å²) in [6.07, 6.45) is 2.69. The molecule has 0 spiro atoms. The van der Waals surface area contributed by atoms with Crippen molar-refractivity contribution in [1.82, 2.24) is 10.3 Å². The predicted octanol–water partition coefficient (Wildman–Crippen LogP) is 3.99. The molecule has 0 aliphatic carbocycles. The Hall–Kier alpha value is -2.27. The van der Waals surface area contributed by atoms with Crippen LogP contribution < -0.4 is 5.32 Å². The van der Waals surface area contributed by atoms with Gasteiger partial charge >= 0.3 is 0 Å². The number of hydrogen-bond donors (Lipinski definition) is 2. The van der Waals surface area contributed by atoms with E-state index in [-0.39, 0.29) is 17.3 Å². The number of aliphatic hydroxyl groups is 1. The molecule has 2 N–H and O–H groups in total. The minimum absolute atomic E-state index is 0.221. The first kappa shape index (κ1) is 19.5. The Kier molecular flexibility index (Phi) is 5.33. The maximum atomic E-state index is 13.0. The van der Waals surface area contributed by atoms with Crippen molar-refractivity contribution in [2.45, 2.75) is 52.2 Å². The molecule has 0 bridgehead atoms. The van der Waals surface area contributed by atoms with E-state index in [1.54, 1.807) is 13.0 Å². The van der Waals surface area contributed by atoms with E-state index in [2.05, 4.69) is 36.1 Å². The van der Waals surface area contributed by atoms with Crippen LogP contribution >= 0.6 is 0 Å². The molecule has 1 aliphatic heterocycles. The Labute approximate surface area is 160 Å². The Morgan fingerprint density at radius 3 is 2.41 bits per heavy atom. The minimum atomic E-state index is -1.04. The molecule has 0 saturated heterocycles. The molecule has 4 nitrogen and oxygen atoms in total. The number of hydrogen-bond acceptors (Lipinski definition) is 4. The summed E-state index contributed by atoms with van der Waals surface area (Å²) in [7, 11) is 0. The van der Waals surface area contributed by atoms with Gasteiger partial charge in [-0.15, -0.1) is 0 Å². The zero-order chi connectivity index (χ0) is 19.7. The number of rotatable bonds is 5. The molecule has 27 heavy (non-hydrogen) atoms. The van der Waals surface area contributed by atoms with Crippen molar-refractivity contribution < 1.29 is 9.50 Å². The topological polar surface area (TPSA) is 57.5 Å². The van der Waals surface area contributed by atoms with E-state index in [9.17, 15) is 9.50 Å². The molecule has 0 fully saturated rings. The zero-order valence-corrected chi connectivity index (χ0v) is 16.5. The second kappa shape index (κ2) is 7.39. The van der Waals surface area contributed by atoms with Crippen molar-refractivity contribution >= 4 is 5.84 Å². The van der Waals surface area contributed by atoms with E-state index in [1.807, 2.05) is 24.3 Å². The van der Waals surface area contributed by atoms with E-state index < -0.39 is 5.60 Å². The molecule has 0 radical (unpaired) electrons. The standard InChI is InChI=1S/C22H28FN3O/c1-21(2,3)12-18-14-25-20(26-18)22(4,27)11-15-5-7-16(8-6-15)19-10-9-17(23)13-24-19/h5-10,13,18,27H,11-12,14H2,1-4H3,(H,25,26). The average Bonchev–Trinajstić information content (AvgIpc) is 3.03. The first-order valence-electron chi connectivity index (χ1n) is 9.37. The minimum Gasteiger partial charge on any atom is -0.382 e. The second-order valence-corrected chi connectivity index (χ2v) is 8.80. The van der Waals surface area contributed by atoms with Crippen molar-refractivity contribution in [1.29, 1.82) is 0 Å². The van der Waals surface area contributed by atoms with Gasteiger partial charge < -0.3 is 10.4 Å². The third kappa shape index (κ3) is 5.13. The molecule has 1 aromatic carbocycles. The van der Waals surface area contributed by atoms with Crippen LogP contribution in [0.15, 0.2) is 47.6 Å². The van der Waals surface area contributed by atoms with E-state index >= 15 is 0 Å². The molecular weight excluding hydrogens is 341 g/mol. The first-order chi connectivity index (χ1) is 12.6. The Morgan fingerprint density at radius 1 is 1.11 bits per heavy atom. The lowest BCUT2D eigenvalue weighted by Gasteiger charge is -2.27. The summed E-state index contributed by atoms with van der Waals surface area (Å²) in [5, 5.41) is 14.4. The fourth-order valence-corrected chi connectivity index (χ4v) is 3.49. The smallest absolute Gasteiger partial charge is 0.141 e. The molecule has 144 valence electrons. The van der Waals surface area contributed by atoms with Crippen LogP contribution in [0.1, 0.15) is 39.7 Å². The van der Waals surface area contributed by atoms with Crippen LogP contribution in [0.4, 0.5) is 4.39 Å². The van der Waals surface area contributed by atoms with Gasteiger partial charge in [0.25, 0.3) is 0 Å². The number of amidine groups is 1. The van der Waals surface area contributed by atoms with Gasteiger partial charge in [-0.25, -0.2) is 4.39 Å². The molecule has 0 saturated carbocycles. The van der Waals surface area contributed by atoms with Crippen molar-refractivity contribution in [3.05, 3.63) is 54.0 Å². The summed E-state index contributed by atoms with van der Waals surface area (Å²) in [5.41, 5.74) is 1.83. The van der Waals surface area contributed by atoms with Crippen LogP contribution in [0.25, 0.3) is 11.3 Å². The van der Waals surface area contributed by atoms with Crippen LogP contribution in [-0.2, 0) is 6.42 Å². The molecule has 2 aromatic rings. The van der Waals surface area contributed by atoms with Crippen LogP contribution in [0.3, 0.4) is 0 Å². The number of halogens is 1. The van der Waals surface area contributed by atoms with Crippen LogP contribution in [-0.4, -0.2) is 34.1 Å². The lowest BCUT2D eigenvalue weighted by atomic mass is 9.88. The monoisotopic (exact) mass is 369 g/mol. The summed E-state index contributed by atoms with van der Waals surface area (Å²) >= 11 is 0. The van der Waals surface area contributed by atoms with E-state index in [4.69, 9.17) is 0 Å². The van der Waals surface area contributed by atoms with Crippen LogP contribution in [0.2, 0.25) is 0 Å². The van der Waals surface area contributed by atoms with Crippen molar-refractivity contribution in [2.75, 3.05) is 6.54 Å². The maximum Gasteiger partial charge on any atom is 0.141 e. The van der Waals surface area contributed by atoms with Gasteiger partial charge in [-0.2, -0.15) is 0 Å². The van der Waals surface area contributed by atoms with Gasteiger partial charge in [-0.05, 0) is 36.5 Å². The van der Waals surface area contributed by atoms with Crippen molar-refractivity contribution in [3.63, 3.8) is 0 Å². The highest BCUT2D eigenvalue weighted by Crippen LogP contribution is 2.25. The molecule has 0 amide bonds. The van der Waals surface area contributed by atoms with Crippen LogP contribution in [0.5, 0.6) is 0 Å². The van der Waals surface area contributed by atoms with Crippen molar-refractivity contribution in [2.24, 2.45) is 10.4 Å². The molecule has 2 heterocycles. The van der Waals surface area contributed by atoms with Crippen molar-refractivity contribution in [3.8, 4) is 11.3 Å². The summed E-state index contributed by atoms with van der Waals surface area (Å²) in [5.74, 6) is 0.321. The lowest BCUT2D eigenvalue weighted by Crippen LogP contribution is -2.47. The number of nitrogens with one attached hydrogen (secondary N) is 1. The molecular formula is C22H28FN3O. The molecule has 3 rings (SSSR count). The molecule has 2 unspecified atom stereocenters. The highest BCUT2D eigenvalue weighted by atomic mass is 19.1. The van der Waals surface area contributed by atoms with Crippen LogP contribution in [0, 0.1) is 11.2 Å². The number of nitrogens with zero attached hydrogens (tertiary/aromatic N) is 2. The van der Waals surface area contributed by atoms with Gasteiger partial charge in [0, 0.05) is 18.0 Å². The summed E-state index contributed by atoms with van der Waals surface area (Å²) < 4.78 is 13.0. The summed E-state index contributed by atoms with van der Waals surface area (Å²) in [4.78, 5) is 8.65. The number of benzene rings is 1. The lowest BCUT2D eigenvalue weighted by molar-refractivity contribution is 0.129. The van der Waals surface area contributed by atoms with Gasteiger partial charge in [0.05, 0.1) is 18.4 Å². The third-order valence-corrected chi connectivity index (χ3v) is 4.70. The van der Waals surface area contributed by atoms with E-state index in [1.165, 1.54) is 12.3 Å². The largest absolute Gasteiger partial charge is 0.382 e. The Morgan fingerprint density at radius 2 is 1.81 bits per heavy atom. The van der Waals surface area contributed by atoms with E-state index in [0.717, 1.165) is 23.2 Å². The number of aliphatic imine (C=N–C) groups is 1. The normalized spacial score (nSPS) is 19.3. The number of pyridine rings is 1. The van der Waals surface area contributed by atoms with Gasteiger partial charge in [0.15, 0.2) is 0 Å². The second-order valence-electron chi connectivity index (χ2n) is 8.80. The highest BCUT2D eigenvalue weighted by molar-refractivity contribution is 5.91.